The van der Waals surface area contributed by atoms with Gasteiger partial charge in [0, 0.05) is 13.2 Å². The van der Waals surface area contributed by atoms with Crippen molar-refractivity contribution in [3.05, 3.63) is 0 Å². The van der Waals surface area contributed by atoms with Crippen molar-refractivity contribution in [2.24, 2.45) is 5.73 Å². The number of rotatable bonds is 8. The molecular weight excluding hydrogens is 210 g/mol. The zero-order valence-electron chi connectivity index (χ0n) is 10.6. The first-order valence-electron chi connectivity index (χ1n) is 5.50. The molecule has 5 heteroatoms. The Balaban J connectivity index is 3.75. The zero-order chi connectivity index (χ0) is 12.6. The maximum absolute atomic E-state index is 11.3. The average molecular weight is 233 g/mol. The van der Waals surface area contributed by atoms with Crippen LogP contribution >= 0.6 is 0 Å². The van der Waals surface area contributed by atoms with E-state index in [1.165, 1.54) is 7.11 Å². The summed E-state index contributed by atoms with van der Waals surface area (Å²) in [6.07, 6.45) is 0.434. The lowest BCUT2D eigenvalue weighted by Gasteiger charge is -2.22. The topological polar surface area (TPSA) is 70.8 Å². The van der Waals surface area contributed by atoms with Crippen LogP contribution in [0.25, 0.3) is 0 Å². The van der Waals surface area contributed by atoms with Crippen molar-refractivity contribution < 1.29 is 19.0 Å². The first kappa shape index (κ1) is 15.3. The summed E-state index contributed by atoms with van der Waals surface area (Å²) in [5.41, 5.74) is 4.79. The van der Waals surface area contributed by atoms with Gasteiger partial charge in [-0.1, -0.05) is 0 Å². The van der Waals surface area contributed by atoms with Crippen LogP contribution in [-0.4, -0.2) is 44.5 Å². The molecule has 16 heavy (non-hydrogen) atoms. The predicted molar refractivity (Wildman–Crippen MR) is 61.1 cm³/mol. The second kappa shape index (κ2) is 7.60. The quantitative estimate of drug-likeness (QED) is 0.625. The minimum absolute atomic E-state index is 0.00777. The molecule has 0 aromatic carbocycles. The molecule has 0 aliphatic rings. The van der Waals surface area contributed by atoms with Crippen molar-refractivity contribution in [3.63, 3.8) is 0 Å². The van der Waals surface area contributed by atoms with Gasteiger partial charge in [-0.25, -0.2) is 0 Å². The van der Waals surface area contributed by atoms with Gasteiger partial charge in [-0.05, 0) is 27.2 Å². The number of methoxy groups -OCH3 is 1. The lowest BCUT2D eigenvalue weighted by atomic mass is 10.0. The van der Waals surface area contributed by atoms with E-state index in [1.807, 2.05) is 13.8 Å². The van der Waals surface area contributed by atoms with E-state index in [2.05, 4.69) is 4.74 Å². The van der Waals surface area contributed by atoms with Crippen molar-refractivity contribution in [2.75, 3.05) is 26.9 Å². The van der Waals surface area contributed by atoms with Crippen LogP contribution < -0.4 is 5.73 Å². The largest absolute Gasteiger partial charge is 0.468 e. The number of nitrogens with two attached hydrogens (primary N) is 1. The summed E-state index contributed by atoms with van der Waals surface area (Å²) < 4.78 is 15.3. The molecule has 0 rings (SSSR count). The van der Waals surface area contributed by atoms with Crippen LogP contribution in [0.4, 0.5) is 0 Å². The monoisotopic (exact) mass is 233 g/mol. The number of hydrogen-bond donors (Lipinski definition) is 1. The highest BCUT2D eigenvalue weighted by molar-refractivity contribution is 5.79. The van der Waals surface area contributed by atoms with Crippen LogP contribution in [0.15, 0.2) is 0 Å². The van der Waals surface area contributed by atoms with Crippen LogP contribution in [0.3, 0.4) is 0 Å². The van der Waals surface area contributed by atoms with Gasteiger partial charge in [-0.2, -0.15) is 0 Å². The van der Waals surface area contributed by atoms with Gasteiger partial charge in [0.25, 0.3) is 0 Å². The zero-order valence-corrected chi connectivity index (χ0v) is 10.6. The third-order valence-electron chi connectivity index (χ3n) is 2.23. The minimum Gasteiger partial charge on any atom is -0.468 e. The highest BCUT2D eigenvalue weighted by Gasteiger charge is 2.29. The van der Waals surface area contributed by atoms with Gasteiger partial charge < -0.3 is 19.9 Å². The molecule has 0 fully saturated rings. The van der Waals surface area contributed by atoms with E-state index in [0.29, 0.717) is 26.2 Å². The minimum atomic E-state index is -0.986. The van der Waals surface area contributed by atoms with Gasteiger partial charge in [-0.3, -0.25) is 4.79 Å². The van der Waals surface area contributed by atoms with E-state index in [-0.39, 0.29) is 6.10 Å². The first-order chi connectivity index (χ1) is 7.44. The third-order valence-corrected chi connectivity index (χ3v) is 2.23. The number of esters is 1. The molecule has 0 amide bonds. The smallest absolute Gasteiger partial charge is 0.325 e. The maximum atomic E-state index is 11.3. The maximum Gasteiger partial charge on any atom is 0.325 e. The highest BCUT2D eigenvalue weighted by Crippen LogP contribution is 2.08. The Labute approximate surface area is 97.2 Å². The molecule has 0 saturated carbocycles. The Morgan fingerprint density at radius 1 is 1.50 bits per heavy atom. The fourth-order valence-electron chi connectivity index (χ4n) is 1.14. The van der Waals surface area contributed by atoms with Gasteiger partial charge in [0.05, 0.1) is 19.8 Å². The third kappa shape index (κ3) is 6.05. The van der Waals surface area contributed by atoms with Crippen molar-refractivity contribution in [1.82, 2.24) is 0 Å². The van der Waals surface area contributed by atoms with E-state index in [9.17, 15) is 4.79 Å². The number of hydrogen-bond acceptors (Lipinski definition) is 5. The van der Waals surface area contributed by atoms with E-state index in [4.69, 9.17) is 15.2 Å². The van der Waals surface area contributed by atoms with Crippen molar-refractivity contribution >= 4 is 5.97 Å². The summed E-state index contributed by atoms with van der Waals surface area (Å²) in [5, 5.41) is 0. The summed E-state index contributed by atoms with van der Waals surface area (Å²) in [5.74, 6) is -0.423. The Kier molecular flexibility index (Phi) is 7.29. The molecule has 0 saturated heterocycles. The molecule has 0 aromatic heterocycles. The molecule has 2 atom stereocenters. The van der Waals surface area contributed by atoms with E-state index < -0.39 is 11.5 Å². The lowest BCUT2D eigenvalue weighted by molar-refractivity contribution is -0.147. The molecule has 0 aromatic rings. The molecule has 0 bridgehead atoms. The van der Waals surface area contributed by atoms with E-state index in [0.717, 1.165) is 0 Å². The SMILES string of the molecule is CCOCC(C)OCCC(C)(N)C(=O)OC. The van der Waals surface area contributed by atoms with Crippen LogP contribution in [0.1, 0.15) is 27.2 Å². The summed E-state index contributed by atoms with van der Waals surface area (Å²) >= 11 is 0. The number of carbonyl (C=O) groups excluding carboxylic acids is 1. The van der Waals surface area contributed by atoms with Crippen LogP contribution in [0, 0.1) is 0 Å². The van der Waals surface area contributed by atoms with E-state index >= 15 is 0 Å². The molecule has 0 aliphatic heterocycles. The van der Waals surface area contributed by atoms with Crippen LogP contribution in [0.2, 0.25) is 0 Å². The summed E-state index contributed by atoms with van der Waals surface area (Å²) in [4.78, 5) is 11.3. The van der Waals surface area contributed by atoms with Gasteiger partial charge in [0.1, 0.15) is 5.54 Å². The van der Waals surface area contributed by atoms with E-state index in [1.54, 1.807) is 6.92 Å². The second-order valence-corrected chi connectivity index (χ2v) is 4.00. The fourth-order valence-corrected chi connectivity index (χ4v) is 1.14. The van der Waals surface area contributed by atoms with Gasteiger partial charge in [-0.15, -0.1) is 0 Å². The Hall–Kier alpha value is -0.650. The van der Waals surface area contributed by atoms with Crippen molar-refractivity contribution in [1.29, 1.82) is 0 Å². The molecule has 2 unspecified atom stereocenters. The normalized spacial score (nSPS) is 16.6. The molecule has 5 nitrogen and oxygen atoms in total. The van der Waals surface area contributed by atoms with Crippen LogP contribution in [0.5, 0.6) is 0 Å². The van der Waals surface area contributed by atoms with Gasteiger partial charge in [0.15, 0.2) is 0 Å². The fraction of sp³-hybridized carbons (Fsp3) is 0.909. The summed E-state index contributed by atoms with van der Waals surface area (Å²) in [6, 6.07) is 0. The lowest BCUT2D eigenvalue weighted by Crippen LogP contribution is -2.46. The highest BCUT2D eigenvalue weighted by atomic mass is 16.5. The van der Waals surface area contributed by atoms with Crippen molar-refractivity contribution in [2.45, 2.75) is 38.8 Å². The Morgan fingerprint density at radius 2 is 2.12 bits per heavy atom. The molecular formula is C11H23NO4. The second-order valence-electron chi connectivity index (χ2n) is 4.00. The molecule has 0 aliphatic carbocycles. The molecule has 2 N–H and O–H groups in total. The average Bonchev–Trinajstić information content (AvgIpc) is 2.24. The molecule has 0 spiro atoms. The Morgan fingerprint density at radius 3 is 2.62 bits per heavy atom. The number of carbonyl (C=O) groups is 1. The Bertz CT molecular complexity index is 206. The predicted octanol–water partition coefficient (Wildman–Crippen LogP) is 0.709. The van der Waals surface area contributed by atoms with Crippen molar-refractivity contribution in [3.8, 4) is 0 Å². The summed E-state index contributed by atoms with van der Waals surface area (Å²) in [7, 11) is 1.33. The first-order valence-corrected chi connectivity index (χ1v) is 5.50. The van der Waals surface area contributed by atoms with Gasteiger partial charge in [0.2, 0.25) is 0 Å². The molecule has 0 heterocycles. The summed E-state index contributed by atoms with van der Waals surface area (Å²) in [6.45, 7) is 7.12. The van der Waals surface area contributed by atoms with Gasteiger partial charge >= 0.3 is 5.97 Å². The standard InChI is InChI=1S/C11H23NO4/c1-5-15-8-9(2)16-7-6-11(3,12)10(13)14-4/h9H,5-8,12H2,1-4H3. The molecule has 96 valence electrons. The molecule has 0 radical (unpaired) electrons. The number of ether oxygens (including phenoxy) is 3. The van der Waals surface area contributed by atoms with Crippen LogP contribution in [-0.2, 0) is 19.0 Å².